The molecule has 0 rings (SSSR count). The quantitative estimate of drug-likeness (QED) is 0.208. The summed E-state index contributed by atoms with van der Waals surface area (Å²) >= 11 is 17.3. The Balaban J connectivity index is 3.42. The molecule has 0 fully saturated rings. The molecule has 0 aliphatic heterocycles. The highest BCUT2D eigenvalue weighted by Gasteiger charge is 2.24. The van der Waals surface area contributed by atoms with E-state index in [4.69, 9.17) is 33.2 Å². The largest absolute Gasteiger partial charge is 0.341 e. The summed E-state index contributed by atoms with van der Waals surface area (Å²) in [6.07, 6.45) is 7.86. The number of Topliss-reactive ketones (excluding diaryl/α,β-unsaturated/α-hetero) is 1. The van der Waals surface area contributed by atoms with Gasteiger partial charge in [-0.2, -0.15) is 0 Å². The second kappa shape index (κ2) is 13.5. The zero-order valence-electron chi connectivity index (χ0n) is 12.6. The van der Waals surface area contributed by atoms with Crippen molar-refractivity contribution in [2.75, 3.05) is 0 Å². The third-order valence-corrected chi connectivity index (χ3v) is 5.46. The monoisotopic (exact) mass is 364 g/mol. The van der Waals surface area contributed by atoms with Crippen LogP contribution in [0.4, 0.5) is 0 Å². The van der Waals surface area contributed by atoms with Crippen LogP contribution in [-0.2, 0) is 4.79 Å². The molecule has 5 heteroatoms. The van der Waals surface area contributed by atoms with Gasteiger partial charge in [-0.1, -0.05) is 31.6 Å². The van der Waals surface area contributed by atoms with Gasteiger partial charge in [-0.05, 0) is 37.1 Å². The molecule has 118 valence electrons. The Labute approximate surface area is 144 Å². The molecule has 0 aliphatic carbocycles. The van der Waals surface area contributed by atoms with Crippen molar-refractivity contribution in [2.24, 2.45) is 0 Å². The molecule has 0 aromatic rings. The van der Waals surface area contributed by atoms with E-state index in [-0.39, 0.29) is 5.78 Å². The van der Waals surface area contributed by atoms with Crippen molar-refractivity contribution in [1.29, 1.82) is 0 Å². The average Bonchev–Trinajstić information content (AvgIpc) is 2.39. The highest BCUT2D eigenvalue weighted by molar-refractivity contribution is 7.64. The molecule has 0 atom stereocenters. The van der Waals surface area contributed by atoms with Crippen LogP contribution in [0.2, 0.25) is 6.04 Å². The number of carbonyl (C=O) groups excluding carboxylic acids is 1. The highest BCUT2D eigenvalue weighted by atomic mass is 35.8. The Bertz CT molecular complexity index is 407. The number of halogens is 3. The van der Waals surface area contributed by atoms with E-state index in [9.17, 15) is 4.79 Å². The fourth-order valence-corrected chi connectivity index (χ4v) is 3.52. The molecule has 0 saturated carbocycles. The summed E-state index contributed by atoms with van der Waals surface area (Å²) in [7, 11) is 0. The molecule has 0 spiro atoms. The van der Waals surface area contributed by atoms with Gasteiger partial charge in [-0.15, -0.1) is 33.2 Å². The Kier molecular flexibility index (Phi) is 13.5. The predicted octanol–water partition coefficient (Wildman–Crippen LogP) is 5.75. The first kappa shape index (κ1) is 20.9. The van der Waals surface area contributed by atoms with Gasteiger partial charge in [0, 0.05) is 25.7 Å². The Morgan fingerprint density at radius 1 is 0.905 bits per heavy atom. The third-order valence-electron chi connectivity index (χ3n) is 2.84. The van der Waals surface area contributed by atoms with E-state index in [0.29, 0.717) is 25.3 Å². The molecule has 0 aromatic carbocycles. The minimum Gasteiger partial charge on any atom is -0.300 e. The van der Waals surface area contributed by atoms with E-state index in [2.05, 4.69) is 23.7 Å². The smallest absolute Gasteiger partial charge is 0.300 e. The molecule has 0 N–H and O–H groups in total. The van der Waals surface area contributed by atoms with Crippen LogP contribution in [0, 0.1) is 23.7 Å². The van der Waals surface area contributed by atoms with Crippen molar-refractivity contribution in [2.45, 2.75) is 70.8 Å². The van der Waals surface area contributed by atoms with Gasteiger partial charge in [0.2, 0.25) is 0 Å². The minimum absolute atomic E-state index is 0.285. The summed E-state index contributed by atoms with van der Waals surface area (Å²) in [6, 6.07) is -1.98. The summed E-state index contributed by atoms with van der Waals surface area (Å²) < 4.78 is 0. The van der Waals surface area contributed by atoms with Crippen LogP contribution in [0.1, 0.15) is 64.7 Å². The standard InChI is InChI=1S/C16H23Cl3OSi/c1-2-3-4-5-6-7-8-9-10-11-13-16(20)14-12-15-21(17,18)19/h2,7-15H2,1H3. The van der Waals surface area contributed by atoms with Crippen LogP contribution < -0.4 is 0 Å². The molecule has 1 nitrogen and oxygen atoms in total. The number of carbonyl (C=O) groups is 1. The first-order chi connectivity index (χ1) is 9.95. The third kappa shape index (κ3) is 17.8. The van der Waals surface area contributed by atoms with Gasteiger partial charge in [0.25, 0.3) is 0 Å². The van der Waals surface area contributed by atoms with Gasteiger partial charge in [-0.3, -0.25) is 4.79 Å². The average molecular weight is 366 g/mol. The van der Waals surface area contributed by atoms with Crippen LogP contribution in [0.15, 0.2) is 0 Å². The number of hydrogen-bond acceptors (Lipinski definition) is 1. The van der Waals surface area contributed by atoms with Gasteiger partial charge in [0.1, 0.15) is 5.78 Å². The topological polar surface area (TPSA) is 17.1 Å². The lowest BCUT2D eigenvalue weighted by Gasteiger charge is -2.06. The molecule has 0 heterocycles. The zero-order valence-corrected chi connectivity index (χ0v) is 15.9. The molecule has 0 unspecified atom stereocenters. The van der Waals surface area contributed by atoms with E-state index in [1.165, 1.54) is 0 Å². The van der Waals surface area contributed by atoms with E-state index in [1.807, 2.05) is 6.92 Å². The second-order valence-electron chi connectivity index (χ2n) is 4.88. The first-order valence-corrected chi connectivity index (χ1v) is 12.7. The minimum atomic E-state index is -2.55. The second-order valence-corrected chi connectivity index (χ2v) is 14.2. The molecule has 0 aliphatic rings. The Morgan fingerprint density at radius 3 is 2.19 bits per heavy atom. The van der Waals surface area contributed by atoms with Crippen molar-refractivity contribution in [3.05, 3.63) is 0 Å². The number of rotatable bonds is 10. The van der Waals surface area contributed by atoms with E-state index >= 15 is 0 Å². The van der Waals surface area contributed by atoms with E-state index in [1.54, 1.807) is 0 Å². The summed E-state index contributed by atoms with van der Waals surface area (Å²) in [5.41, 5.74) is 0. The summed E-state index contributed by atoms with van der Waals surface area (Å²) in [4.78, 5) is 11.6. The van der Waals surface area contributed by atoms with Gasteiger partial charge in [-0.25, -0.2) is 0 Å². The molecule has 0 bridgehead atoms. The highest BCUT2D eigenvalue weighted by Crippen LogP contribution is 2.27. The van der Waals surface area contributed by atoms with E-state index in [0.717, 1.165) is 38.5 Å². The fraction of sp³-hybridized carbons (Fsp3) is 0.688. The molecular formula is C16H23Cl3OSi. The molecule has 0 saturated heterocycles. The van der Waals surface area contributed by atoms with Crippen LogP contribution in [0.5, 0.6) is 0 Å². The van der Waals surface area contributed by atoms with Crippen molar-refractivity contribution in [1.82, 2.24) is 0 Å². The SMILES string of the molecule is CCC#CC#CCCCCCCC(=O)CCC[Si](Cl)(Cl)Cl. The van der Waals surface area contributed by atoms with Crippen LogP contribution in [0.25, 0.3) is 0 Å². The Morgan fingerprint density at radius 2 is 1.52 bits per heavy atom. The summed E-state index contributed by atoms with van der Waals surface area (Å²) in [5.74, 6) is 11.9. The lowest BCUT2D eigenvalue weighted by atomic mass is 10.1. The number of unbranched alkanes of at least 4 members (excludes halogenated alkanes) is 4. The van der Waals surface area contributed by atoms with Crippen LogP contribution in [0.3, 0.4) is 0 Å². The molecule has 21 heavy (non-hydrogen) atoms. The molecule has 0 aromatic heterocycles. The summed E-state index contributed by atoms with van der Waals surface area (Å²) in [6.45, 7) is 2.01. The van der Waals surface area contributed by atoms with Gasteiger partial charge in [0.05, 0.1) is 0 Å². The lowest BCUT2D eigenvalue weighted by Crippen LogP contribution is -2.09. The maximum absolute atomic E-state index is 11.6. The first-order valence-electron chi connectivity index (χ1n) is 7.50. The van der Waals surface area contributed by atoms with Crippen molar-refractivity contribution in [3.8, 4) is 23.7 Å². The van der Waals surface area contributed by atoms with Gasteiger partial charge < -0.3 is 0 Å². The van der Waals surface area contributed by atoms with Gasteiger partial charge >= 0.3 is 6.00 Å². The van der Waals surface area contributed by atoms with Crippen LogP contribution >= 0.6 is 33.2 Å². The molecular weight excluding hydrogens is 343 g/mol. The molecule has 0 amide bonds. The number of hydrogen-bond donors (Lipinski definition) is 0. The zero-order chi connectivity index (χ0) is 16.0. The summed E-state index contributed by atoms with van der Waals surface area (Å²) in [5, 5.41) is 0. The normalized spacial score (nSPS) is 10.3. The lowest BCUT2D eigenvalue weighted by molar-refractivity contribution is -0.119. The maximum atomic E-state index is 11.6. The molecule has 0 radical (unpaired) electrons. The predicted molar refractivity (Wildman–Crippen MR) is 95.9 cm³/mol. The Hall–Kier alpha value is -0.123. The van der Waals surface area contributed by atoms with Gasteiger partial charge in [0.15, 0.2) is 0 Å². The van der Waals surface area contributed by atoms with Crippen molar-refractivity contribution in [3.63, 3.8) is 0 Å². The number of ketones is 1. The van der Waals surface area contributed by atoms with E-state index < -0.39 is 6.00 Å². The van der Waals surface area contributed by atoms with Crippen molar-refractivity contribution < 1.29 is 4.79 Å². The fourth-order valence-electron chi connectivity index (χ4n) is 1.74. The van der Waals surface area contributed by atoms with Crippen molar-refractivity contribution >= 4 is 45.0 Å². The maximum Gasteiger partial charge on any atom is 0.341 e. The van der Waals surface area contributed by atoms with Crippen LogP contribution in [-0.4, -0.2) is 11.8 Å².